The van der Waals surface area contributed by atoms with Gasteiger partial charge in [-0.05, 0) is 55.7 Å². The molecule has 1 aromatic rings. The van der Waals surface area contributed by atoms with Crippen molar-refractivity contribution in [2.24, 2.45) is 17.0 Å². The summed E-state index contributed by atoms with van der Waals surface area (Å²) in [6.45, 7) is 0. The number of hydrogen-bond donors (Lipinski definition) is 2. The molecular weight excluding hydrogens is 272 g/mol. The molecule has 0 aliphatic heterocycles. The number of nitrogens with one attached hydrogen (secondary N) is 1. The Balaban J connectivity index is 1.68. The fourth-order valence-corrected chi connectivity index (χ4v) is 3.91. The van der Waals surface area contributed by atoms with E-state index in [9.17, 15) is 8.42 Å². The standard InChI is InChI=1S/C15H22N2O2S/c16-20(18,19)15-6-2-5-14(10-15)17-13-4-1-3-12(9-13)11-7-8-11/h2,5-6,10-13,17H,1,3-4,7-9H2,(H2,16,18,19). The Bertz CT molecular complexity index is 581. The van der Waals surface area contributed by atoms with Gasteiger partial charge in [-0.3, -0.25) is 0 Å². The van der Waals surface area contributed by atoms with Crippen molar-refractivity contribution in [2.45, 2.75) is 49.5 Å². The summed E-state index contributed by atoms with van der Waals surface area (Å²) in [5.74, 6) is 1.82. The van der Waals surface area contributed by atoms with E-state index in [2.05, 4.69) is 5.32 Å². The van der Waals surface area contributed by atoms with E-state index in [1.54, 1.807) is 12.1 Å². The van der Waals surface area contributed by atoms with Crippen LogP contribution < -0.4 is 10.5 Å². The molecule has 0 radical (unpaired) electrons. The molecule has 2 saturated carbocycles. The average Bonchev–Trinajstić information content (AvgIpc) is 3.23. The van der Waals surface area contributed by atoms with Gasteiger partial charge in [0, 0.05) is 11.7 Å². The maximum atomic E-state index is 11.4. The molecule has 5 heteroatoms. The van der Waals surface area contributed by atoms with Crippen molar-refractivity contribution < 1.29 is 8.42 Å². The minimum absolute atomic E-state index is 0.178. The lowest BCUT2D eigenvalue weighted by Gasteiger charge is -2.30. The molecule has 2 aliphatic rings. The Kier molecular flexibility index (Phi) is 3.73. The molecule has 0 bridgehead atoms. The highest BCUT2D eigenvalue weighted by atomic mass is 32.2. The number of hydrogen-bond acceptors (Lipinski definition) is 3. The second kappa shape index (κ2) is 5.37. The minimum atomic E-state index is -3.62. The lowest BCUT2D eigenvalue weighted by atomic mass is 9.82. The molecule has 4 nitrogen and oxygen atoms in total. The van der Waals surface area contributed by atoms with Gasteiger partial charge in [0.2, 0.25) is 10.0 Å². The van der Waals surface area contributed by atoms with Crippen molar-refractivity contribution in [1.82, 2.24) is 0 Å². The Hall–Kier alpha value is -1.07. The van der Waals surface area contributed by atoms with Gasteiger partial charge in [0.25, 0.3) is 0 Å². The van der Waals surface area contributed by atoms with Crippen LogP contribution in [-0.4, -0.2) is 14.5 Å². The van der Waals surface area contributed by atoms with Crippen LogP contribution in [0, 0.1) is 11.8 Å². The summed E-state index contributed by atoms with van der Waals surface area (Å²) >= 11 is 0. The number of rotatable bonds is 4. The van der Waals surface area contributed by atoms with Crippen LogP contribution in [0.5, 0.6) is 0 Å². The molecule has 2 unspecified atom stereocenters. The fourth-order valence-electron chi connectivity index (χ4n) is 3.35. The normalized spacial score (nSPS) is 27.2. The maximum absolute atomic E-state index is 11.4. The zero-order valence-corrected chi connectivity index (χ0v) is 12.4. The van der Waals surface area contributed by atoms with Crippen LogP contribution in [0.2, 0.25) is 0 Å². The molecule has 1 aromatic carbocycles. The zero-order chi connectivity index (χ0) is 14.2. The van der Waals surface area contributed by atoms with E-state index in [0.29, 0.717) is 6.04 Å². The van der Waals surface area contributed by atoms with Crippen molar-refractivity contribution >= 4 is 15.7 Å². The molecule has 110 valence electrons. The predicted molar refractivity (Wildman–Crippen MR) is 79.9 cm³/mol. The maximum Gasteiger partial charge on any atom is 0.238 e. The molecule has 0 saturated heterocycles. The topological polar surface area (TPSA) is 72.2 Å². The smallest absolute Gasteiger partial charge is 0.238 e. The molecule has 3 N–H and O–H groups in total. The highest BCUT2D eigenvalue weighted by Gasteiger charge is 2.34. The van der Waals surface area contributed by atoms with Gasteiger partial charge >= 0.3 is 0 Å². The van der Waals surface area contributed by atoms with Gasteiger partial charge in [-0.2, -0.15) is 0 Å². The Morgan fingerprint density at radius 1 is 1.10 bits per heavy atom. The molecule has 2 fully saturated rings. The van der Waals surface area contributed by atoms with E-state index in [4.69, 9.17) is 5.14 Å². The van der Waals surface area contributed by atoms with Crippen LogP contribution in [0.1, 0.15) is 38.5 Å². The third kappa shape index (κ3) is 3.33. The van der Waals surface area contributed by atoms with Crippen molar-refractivity contribution in [2.75, 3.05) is 5.32 Å². The van der Waals surface area contributed by atoms with Crippen molar-refractivity contribution in [3.8, 4) is 0 Å². The lowest BCUT2D eigenvalue weighted by molar-refractivity contribution is 0.303. The molecule has 20 heavy (non-hydrogen) atoms. The van der Waals surface area contributed by atoms with Gasteiger partial charge in [0.15, 0.2) is 0 Å². The summed E-state index contributed by atoms with van der Waals surface area (Å²) in [4.78, 5) is 0.178. The van der Waals surface area contributed by atoms with E-state index in [1.165, 1.54) is 44.6 Å². The lowest BCUT2D eigenvalue weighted by Crippen LogP contribution is -2.28. The van der Waals surface area contributed by atoms with E-state index < -0.39 is 10.0 Å². The van der Waals surface area contributed by atoms with Crippen LogP contribution in [-0.2, 0) is 10.0 Å². The second-order valence-corrected chi connectivity index (χ2v) is 7.74. The molecule has 3 rings (SSSR count). The Labute approximate surface area is 120 Å². The molecule has 0 spiro atoms. The molecule has 0 amide bonds. The third-order valence-electron chi connectivity index (χ3n) is 4.54. The second-order valence-electron chi connectivity index (χ2n) is 6.18. The van der Waals surface area contributed by atoms with E-state index >= 15 is 0 Å². The van der Waals surface area contributed by atoms with Gasteiger partial charge in [0.1, 0.15) is 0 Å². The van der Waals surface area contributed by atoms with Crippen LogP contribution in [0.3, 0.4) is 0 Å². The summed E-state index contributed by atoms with van der Waals surface area (Å²) in [5.41, 5.74) is 0.859. The SMILES string of the molecule is NS(=O)(=O)c1cccc(NC2CCCC(C3CC3)C2)c1. The summed E-state index contributed by atoms with van der Waals surface area (Å²) < 4.78 is 22.8. The Morgan fingerprint density at radius 2 is 1.90 bits per heavy atom. The van der Waals surface area contributed by atoms with Gasteiger partial charge < -0.3 is 5.32 Å². The summed E-state index contributed by atoms with van der Waals surface area (Å²) in [7, 11) is -3.62. The summed E-state index contributed by atoms with van der Waals surface area (Å²) in [6.07, 6.45) is 7.82. The van der Waals surface area contributed by atoms with Crippen molar-refractivity contribution in [3.63, 3.8) is 0 Å². The minimum Gasteiger partial charge on any atom is -0.382 e. The Morgan fingerprint density at radius 3 is 2.60 bits per heavy atom. The third-order valence-corrected chi connectivity index (χ3v) is 5.45. The number of benzene rings is 1. The predicted octanol–water partition coefficient (Wildman–Crippen LogP) is 2.71. The number of sulfonamides is 1. The highest BCUT2D eigenvalue weighted by Crippen LogP contribution is 2.44. The van der Waals surface area contributed by atoms with Crippen molar-refractivity contribution in [1.29, 1.82) is 0 Å². The highest BCUT2D eigenvalue weighted by molar-refractivity contribution is 7.89. The van der Waals surface area contributed by atoms with Gasteiger partial charge in [-0.25, -0.2) is 13.6 Å². The van der Waals surface area contributed by atoms with Crippen molar-refractivity contribution in [3.05, 3.63) is 24.3 Å². The first-order valence-corrected chi connectivity index (χ1v) is 8.96. The molecule has 2 atom stereocenters. The molecule has 2 aliphatic carbocycles. The number of nitrogens with two attached hydrogens (primary N) is 1. The first-order valence-electron chi connectivity index (χ1n) is 7.42. The first kappa shape index (κ1) is 13.9. The summed E-state index contributed by atoms with van der Waals surface area (Å²) in [6, 6.07) is 7.29. The van der Waals surface area contributed by atoms with Crippen LogP contribution in [0.25, 0.3) is 0 Å². The quantitative estimate of drug-likeness (QED) is 0.897. The number of anilines is 1. The summed E-state index contributed by atoms with van der Waals surface area (Å²) in [5, 5.41) is 8.66. The largest absolute Gasteiger partial charge is 0.382 e. The first-order chi connectivity index (χ1) is 9.52. The zero-order valence-electron chi connectivity index (χ0n) is 11.6. The monoisotopic (exact) mass is 294 g/mol. The van der Waals surface area contributed by atoms with E-state index in [-0.39, 0.29) is 4.90 Å². The number of primary sulfonamides is 1. The van der Waals surface area contributed by atoms with Crippen LogP contribution >= 0.6 is 0 Å². The van der Waals surface area contributed by atoms with Crippen LogP contribution in [0.15, 0.2) is 29.2 Å². The molecular formula is C15H22N2O2S. The van der Waals surface area contributed by atoms with E-state index in [0.717, 1.165) is 17.5 Å². The van der Waals surface area contributed by atoms with Crippen LogP contribution in [0.4, 0.5) is 5.69 Å². The van der Waals surface area contributed by atoms with Gasteiger partial charge in [0.05, 0.1) is 4.90 Å². The fraction of sp³-hybridized carbons (Fsp3) is 0.600. The molecule has 0 heterocycles. The van der Waals surface area contributed by atoms with Gasteiger partial charge in [-0.15, -0.1) is 0 Å². The van der Waals surface area contributed by atoms with Gasteiger partial charge in [-0.1, -0.05) is 18.9 Å². The molecule has 0 aromatic heterocycles. The average molecular weight is 294 g/mol. The van der Waals surface area contributed by atoms with E-state index in [1.807, 2.05) is 6.07 Å².